The number of hydrogen-bond donors (Lipinski definition) is 0. The number of quaternary nitrogens is 1. The highest BCUT2D eigenvalue weighted by molar-refractivity contribution is 5.26. The zero-order valence-electron chi connectivity index (χ0n) is 14.8. The highest BCUT2D eigenvalue weighted by Crippen LogP contribution is 2.17. The first-order valence-corrected chi connectivity index (χ1v) is 8.90. The van der Waals surface area contributed by atoms with E-state index in [1.165, 1.54) is 63.4 Å². The number of unbranched alkanes of at least 4 members (excludes halogenated alkanes) is 7. The van der Waals surface area contributed by atoms with E-state index in [2.05, 4.69) is 52.3 Å². The van der Waals surface area contributed by atoms with Gasteiger partial charge in [-0.2, -0.15) is 0 Å². The van der Waals surface area contributed by atoms with Crippen molar-refractivity contribution in [2.45, 2.75) is 71.3 Å². The molecule has 0 saturated heterocycles. The van der Waals surface area contributed by atoms with E-state index < -0.39 is 0 Å². The summed E-state index contributed by atoms with van der Waals surface area (Å²) in [5.74, 6) is 0. The highest BCUT2D eigenvalue weighted by Gasteiger charge is 2.11. The molecule has 0 fully saturated rings. The van der Waals surface area contributed by atoms with E-state index in [1.54, 1.807) is 5.56 Å². The molecule has 0 atom stereocenters. The van der Waals surface area contributed by atoms with Gasteiger partial charge in [0.05, 0.1) is 21.1 Å². The Hall–Kier alpha value is -0.820. The summed E-state index contributed by atoms with van der Waals surface area (Å²) in [5, 5.41) is 0. The van der Waals surface area contributed by atoms with E-state index in [0.717, 1.165) is 11.0 Å². The first-order chi connectivity index (χ1) is 10.0. The topological polar surface area (TPSA) is 0 Å². The molecule has 0 unspecified atom stereocenters. The lowest BCUT2D eigenvalue weighted by Gasteiger charge is -2.25. The summed E-state index contributed by atoms with van der Waals surface area (Å²) in [4.78, 5) is 0. The average Bonchev–Trinajstić information content (AvgIpc) is 2.42. The van der Waals surface area contributed by atoms with Crippen LogP contribution in [0.15, 0.2) is 24.3 Å². The number of hydrogen-bond acceptors (Lipinski definition) is 0. The van der Waals surface area contributed by atoms with Gasteiger partial charge < -0.3 is 4.48 Å². The fourth-order valence-electron chi connectivity index (χ4n) is 2.92. The molecular weight excluding hydrogens is 254 g/mol. The molecule has 21 heavy (non-hydrogen) atoms. The Morgan fingerprint density at radius 1 is 0.714 bits per heavy atom. The minimum atomic E-state index is 1.01. The fourth-order valence-corrected chi connectivity index (χ4v) is 2.92. The van der Waals surface area contributed by atoms with Crippen LogP contribution in [0.4, 0.5) is 0 Å². The minimum Gasteiger partial charge on any atom is -0.327 e. The molecule has 120 valence electrons. The monoisotopic (exact) mass is 290 g/mol. The number of benzene rings is 1. The smallest absolute Gasteiger partial charge is 0.104 e. The first-order valence-electron chi connectivity index (χ1n) is 8.90. The lowest BCUT2D eigenvalue weighted by atomic mass is 9.99. The van der Waals surface area contributed by atoms with Crippen molar-refractivity contribution < 1.29 is 4.48 Å². The lowest BCUT2D eigenvalue weighted by molar-refractivity contribution is -0.884. The summed E-state index contributed by atoms with van der Waals surface area (Å²) in [6.45, 7) is 3.42. The van der Waals surface area contributed by atoms with Crippen LogP contribution in [0.3, 0.4) is 0 Å². The Bertz CT molecular complexity index is 376. The summed E-state index contributed by atoms with van der Waals surface area (Å²) >= 11 is 0. The van der Waals surface area contributed by atoms with Gasteiger partial charge >= 0.3 is 0 Å². The van der Waals surface area contributed by atoms with Crippen molar-refractivity contribution in [3.63, 3.8) is 0 Å². The van der Waals surface area contributed by atoms with Crippen LogP contribution in [0.2, 0.25) is 0 Å². The molecule has 0 spiro atoms. The normalized spacial score (nSPS) is 11.8. The molecule has 1 heteroatoms. The van der Waals surface area contributed by atoms with Gasteiger partial charge in [-0.3, -0.25) is 0 Å². The van der Waals surface area contributed by atoms with Crippen LogP contribution in [-0.4, -0.2) is 25.6 Å². The van der Waals surface area contributed by atoms with E-state index >= 15 is 0 Å². The van der Waals surface area contributed by atoms with Crippen LogP contribution in [0.1, 0.15) is 69.4 Å². The highest BCUT2D eigenvalue weighted by atomic mass is 15.3. The third-order valence-corrected chi connectivity index (χ3v) is 4.06. The molecule has 0 bridgehead atoms. The molecule has 0 aromatic heterocycles. The summed E-state index contributed by atoms with van der Waals surface area (Å²) in [6, 6.07) is 9.01. The number of aryl methyl sites for hydroxylation is 1. The Kier molecular flexibility index (Phi) is 8.68. The maximum Gasteiger partial charge on any atom is 0.104 e. The summed E-state index contributed by atoms with van der Waals surface area (Å²) in [6.07, 6.45) is 12.5. The van der Waals surface area contributed by atoms with E-state index in [-0.39, 0.29) is 0 Å². The van der Waals surface area contributed by atoms with E-state index in [1.807, 2.05) is 0 Å². The predicted octanol–water partition coefficient (Wildman–Crippen LogP) is 5.58. The second kappa shape index (κ2) is 10.00. The SMILES string of the molecule is CCCCCCCCCCc1ccccc1C[N+](C)(C)C. The van der Waals surface area contributed by atoms with Crippen molar-refractivity contribution in [2.75, 3.05) is 21.1 Å². The molecule has 1 aromatic rings. The Labute approximate surface area is 133 Å². The Morgan fingerprint density at radius 2 is 1.24 bits per heavy atom. The van der Waals surface area contributed by atoms with Crippen molar-refractivity contribution in [3.05, 3.63) is 35.4 Å². The van der Waals surface area contributed by atoms with Gasteiger partial charge in [-0.25, -0.2) is 0 Å². The average molecular weight is 291 g/mol. The van der Waals surface area contributed by atoms with Gasteiger partial charge in [0, 0.05) is 5.56 Å². The number of nitrogens with zero attached hydrogens (tertiary/aromatic N) is 1. The van der Waals surface area contributed by atoms with Crippen molar-refractivity contribution in [2.24, 2.45) is 0 Å². The van der Waals surface area contributed by atoms with Crippen LogP contribution < -0.4 is 0 Å². The Morgan fingerprint density at radius 3 is 1.81 bits per heavy atom. The van der Waals surface area contributed by atoms with E-state index in [0.29, 0.717) is 0 Å². The van der Waals surface area contributed by atoms with Crippen LogP contribution in [0.5, 0.6) is 0 Å². The van der Waals surface area contributed by atoms with Crippen molar-refractivity contribution in [1.29, 1.82) is 0 Å². The molecule has 0 heterocycles. The van der Waals surface area contributed by atoms with Gasteiger partial charge in [0.2, 0.25) is 0 Å². The maximum absolute atomic E-state index is 2.33. The van der Waals surface area contributed by atoms with Gasteiger partial charge in [-0.15, -0.1) is 0 Å². The molecule has 1 rings (SSSR count). The molecule has 0 saturated carbocycles. The zero-order chi connectivity index (χ0) is 15.6. The predicted molar refractivity (Wildman–Crippen MR) is 94.5 cm³/mol. The van der Waals surface area contributed by atoms with Gasteiger partial charge in [0.1, 0.15) is 6.54 Å². The lowest BCUT2D eigenvalue weighted by Crippen LogP contribution is -2.33. The third-order valence-electron chi connectivity index (χ3n) is 4.06. The van der Waals surface area contributed by atoms with Crippen LogP contribution in [0.25, 0.3) is 0 Å². The van der Waals surface area contributed by atoms with E-state index in [9.17, 15) is 0 Å². The molecule has 0 N–H and O–H groups in total. The molecule has 0 aliphatic rings. The second-order valence-corrected chi connectivity index (χ2v) is 7.44. The van der Waals surface area contributed by atoms with Crippen LogP contribution >= 0.6 is 0 Å². The molecule has 0 amide bonds. The Balaban J connectivity index is 2.26. The van der Waals surface area contributed by atoms with Crippen LogP contribution in [0, 0.1) is 0 Å². The molecular formula is C20H36N+. The molecule has 0 aliphatic heterocycles. The molecule has 1 aromatic carbocycles. The van der Waals surface area contributed by atoms with Crippen LogP contribution in [-0.2, 0) is 13.0 Å². The zero-order valence-corrected chi connectivity index (χ0v) is 14.8. The second-order valence-electron chi connectivity index (χ2n) is 7.44. The maximum atomic E-state index is 2.33. The fraction of sp³-hybridized carbons (Fsp3) is 0.700. The van der Waals surface area contributed by atoms with E-state index in [4.69, 9.17) is 0 Å². The van der Waals surface area contributed by atoms with Gasteiger partial charge in [-0.05, 0) is 18.4 Å². The quantitative estimate of drug-likeness (QED) is 0.369. The largest absolute Gasteiger partial charge is 0.327 e. The first kappa shape index (κ1) is 18.2. The van der Waals surface area contributed by atoms with Gasteiger partial charge in [-0.1, -0.05) is 76.1 Å². The summed E-state index contributed by atoms with van der Waals surface area (Å²) in [5.41, 5.74) is 3.10. The molecule has 0 radical (unpaired) electrons. The molecule has 1 nitrogen and oxygen atoms in total. The summed E-state index contributed by atoms with van der Waals surface area (Å²) in [7, 11) is 6.81. The minimum absolute atomic E-state index is 1.01. The molecule has 0 aliphatic carbocycles. The van der Waals surface area contributed by atoms with Crippen molar-refractivity contribution in [1.82, 2.24) is 0 Å². The van der Waals surface area contributed by atoms with Crippen molar-refractivity contribution >= 4 is 0 Å². The third kappa shape index (κ3) is 8.93. The number of rotatable bonds is 11. The van der Waals surface area contributed by atoms with Crippen molar-refractivity contribution in [3.8, 4) is 0 Å². The summed E-state index contributed by atoms with van der Waals surface area (Å²) < 4.78 is 1.01. The van der Waals surface area contributed by atoms with Gasteiger partial charge in [0.15, 0.2) is 0 Å². The standard InChI is InChI=1S/C20H36N/c1-5-6-7-8-9-10-11-12-15-19-16-13-14-17-20(19)18-21(2,3)4/h13-14,16-17H,5-12,15,18H2,1-4H3/q+1. The van der Waals surface area contributed by atoms with Gasteiger partial charge in [0.25, 0.3) is 0 Å².